The van der Waals surface area contributed by atoms with Crippen LogP contribution in [-0.4, -0.2) is 20.1 Å². The molecule has 1 rings (SSSR count). The molecule has 12 heteroatoms. The van der Waals surface area contributed by atoms with Crippen molar-refractivity contribution in [2.24, 2.45) is 0 Å². The van der Waals surface area contributed by atoms with E-state index in [9.17, 15) is 30.5 Å². The monoisotopic (exact) mass is 338 g/mol. The zero-order valence-electron chi connectivity index (χ0n) is 9.35. The van der Waals surface area contributed by atoms with Gasteiger partial charge < -0.3 is 4.89 Å². The van der Waals surface area contributed by atoms with Crippen LogP contribution >= 0.6 is 8.25 Å². The highest BCUT2D eigenvalue weighted by molar-refractivity contribution is 7.86. The topological polar surface area (TPSA) is 89.9 Å². The molecule has 0 aromatic heterocycles. The van der Waals surface area contributed by atoms with Crippen LogP contribution in [0.3, 0.4) is 0 Å². The van der Waals surface area contributed by atoms with E-state index in [0.29, 0.717) is 12.1 Å². The van der Waals surface area contributed by atoms with Crippen molar-refractivity contribution in [1.82, 2.24) is 0 Å². The molecule has 0 aliphatic carbocycles. The average molecular weight is 338 g/mol. The Morgan fingerprint density at radius 2 is 1.90 bits per heavy atom. The second-order valence-corrected chi connectivity index (χ2v) is 5.64. The van der Waals surface area contributed by atoms with Crippen LogP contribution in [0.1, 0.15) is 5.56 Å². The van der Waals surface area contributed by atoms with Gasteiger partial charge >= 0.3 is 14.4 Å². The normalized spacial score (nSPS) is 14.2. The Labute approximate surface area is 111 Å². The summed E-state index contributed by atoms with van der Waals surface area (Å²) < 4.78 is 91.6. The van der Waals surface area contributed by atoms with Gasteiger partial charge in [0.2, 0.25) is 0 Å². The Morgan fingerprint density at radius 3 is 2.40 bits per heavy atom. The largest absolute Gasteiger partial charge is 0.417 e. The lowest BCUT2D eigenvalue weighted by atomic mass is 10.2. The maximum atomic E-state index is 12.8. The highest BCUT2D eigenvalue weighted by atomic mass is 32.2. The van der Waals surface area contributed by atoms with Crippen LogP contribution < -0.4 is 0 Å². The standard InChI is InChI=1S/C8H7F4O6PS/c9-5-1-2-7(6(3-5)8(10,11)12)20(15,16)18-4-17-19(13)14/h1-3,19H,4H2,(H,13,14). The van der Waals surface area contributed by atoms with Gasteiger partial charge in [0.25, 0.3) is 10.1 Å². The van der Waals surface area contributed by atoms with E-state index < -0.39 is 47.6 Å². The van der Waals surface area contributed by atoms with E-state index in [1.807, 2.05) is 0 Å². The molecule has 0 amide bonds. The first kappa shape index (κ1) is 17.1. The lowest BCUT2D eigenvalue weighted by Gasteiger charge is -2.13. The number of hydrogen-bond acceptors (Lipinski definition) is 5. The fraction of sp³-hybridized carbons (Fsp3) is 0.250. The number of hydrogen-bond donors (Lipinski definition) is 1. The second-order valence-electron chi connectivity index (χ2n) is 3.24. The molecule has 1 aromatic rings. The minimum Gasteiger partial charge on any atom is -0.326 e. The van der Waals surface area contributed by atoms with Gasteiger partial charge in [-0.05, 0) is 18.2 Å². The van der Waals surface area contributed by atoms with Gasteiger partial charge in [0, 0.05) is 0 Å². The van der Waals surface area contributed by atoms with Gasteiger partial charge in [-0.25, -0.2) is 8.57 Å². The summed E-state index contributed by atoms with van der Waals surface area (Å²) >= 11 is 0. The van der Waals surface area contributed by atoms with Gasteiger partial charge in [0.15, 0.2) is 6.79 Å². The Balaban J connectivity index is 3.15. The van der Waals surface area contributed by atoms with E-state index in [4.69, 9.17) is 4.89 Å². The van der Waals surface area contributed by atoms with E-state index in [1.54, 1.807) is 0 Å². The number of rotatable bonds is 5. The molecule has 0 aliphatic rings. The summed E-state index contributed by atoms with van der Waals surface area (Å²) in [6, 6.07) is 0.864. The Morgan fingerprint density at radius 1 is 1.30 bits per heavy atom. The molecule has 114 valence electrons. The molecule has 6 nitrogen and oxygen atoms in total. The summed E-state index contributed by atoms with van der Waals surface area (Å²) in [7, 11) is -8.44. The molecule has 0 saturated carbocycles. The van der Waals surface area contributed by atoms with Crippen molar-refractivity contribution >= 4 is 18.4 Å². The quantitative estimate of drug-likeness (QED) is 0.382. The molecule has 20 heavy (non-hydrogen) atoms. The van der Waals surface area contributed by atoms with Crippen molar-refractivity contribution in [3.63, 3.8) is 0 Å². The number of benzene rings is 1. The molecule has 1 aromatic carbocycles. The molecular weight excluding hydrogens is 331 g/mol. The Bertz CT molecular complexity index is 614. The highest BCUT2D eigenvalue weighted by Gasteiger charge is 2.38. The lowest BCUT2D eigenvalue weighted by molar-refractivity contribution is -0.140. The van der Waals surface area contributed by atoms with Gasteiger partial charge in [0.1, 0.15) is 10.7 Å². The van der Waals surface area contributed by atoms with E-state index in [0.717, 1.165) is 0 Å². The molecule has 0 aliphatic heterocycles. The molecule has 0 saturated heterocycles. The summed E-state index contributed by atoms with van der Waals surface area (Å²) in [5.41, 5.74) is -1.76. The van der Waals surface area contributed by atoms with Crippen molar-refractivity contribution in [3.05, 3.63) is 29.6 Å². The van der Waals surface area contributed by atoms with E-state index >= 15 is 0 Å². The van der Waals surface area contributed by atoms with Crippen molar-refractivity contribution in [2.75, 3.05) is 6.79 Å². The van der Waals surface area contributed by atoms with Crippen LogP contribution in [0.25, 0.3) is 0 Å². The van der Waals surface area contributed by atoms with Crippen LogP contribution in [0.5, 0.6) is 0 Å². The van der Waals surface area contributed by atoms with Crippen LogP contribution in [0, 0.1) is 5.82 Å². The molecule has 1 atom stereocenters. The molecule has 0 bridgehead atoms. The van der Waals surface area contributed by atoms with Gasteiger partial charge in [-0.1, -0.05) is 0 Å². The first-order chi connectivity index (χ1) is 9.04. The Kier molecular flexibility index (Phi) is 5.27. The summed E-state index contributed by atoms with van der Waals surface area (Å²) in [5.74, 6) is -1.28. The minimum atomic E-state index is -5.13. The van der Waals surface area contributed by atoms with Crippen molar-refractivity contribution in [3.8, 4) is 0 Å². The van der Waals surface area contributed by atoms with E-state index in [2.05, 4.69) is 8.71 Å². The predicted octanol–water partition coefficient (Wildman–Crippen LogP) is 1.91. The van der Waals surface area contributed by atoms with Gasteiger partial charge in [-0.2, -0.15) is 21.6 Å². The van der Waals surface area contributed by atoms with Gasteiger partial charge in [0.05, 0.1) is 5.56 Å². The van der Waals surface area contributed by atoms with Crippen LogP contribution in [0.4, 0.5) is 17.6 Å². The van der Waals surface area contributed by atoms with Crippen LogP contribution in [0.15, 0.2) is 23.1 Å². The summed E-state index contributed by atoms with van der Waals surface area (Å²) in [6.07, 6.45) is -5.13. The smallest absolute Gasteiger partial charge is 0.326 e. The molecule has 0 radical (unpaired) electrons. The first-order valence-corrected chi connectivity index (χ1v) is 7.33. The molecule has 0 heterocycles. The first-order valence-electron chi connectivity index (χ1n) is 4.66. The van der Waals surface area contributed by atoms with Crippen LogP contribution in [-0.2, 0) is 29.6 Å². The zero-order valence-corrected chi connectivity index (χ0v) is 11.2. The molecule has 0 spiro atoms. The third kappa shape index (κ3) is 4.53. The van der Waals surface area contributed by atoms with Gasteiger partial charge in [-0.3, -0.25) is 9.09 Å². The zero-order chi connectivity index (χ0) is 15.6. The average Bonchev–Trinajstić information content (AvgIpc) is 2.26. The third-order valence-corrected chi connectivity index (χ3v) is 3.57. The lowest BCUT2D eigenvalue weighted by Crippen LogP contribution is -2.16. The highest BCUT2D eigenvalue weighted by Crippen LogP contribution is 2.35. The summed E-state index contributed by atoms with van der Waals surface area (Å²) in [4.78, 5) is 6.93. The number of halogens is 4. The Hall–Kier alpha value is -1.00. The molecule has 1 N–H and O–H groups in total. The maximum Gasteiger partial charge on any atom is 0.417 e. The van der Waals surface area contributed by atoms with Crippen molar-refractivity contribution in [2.45, 2.75) is 11.1 Å². The predicted molar refractivity (Wildman–Crippen MR) is 56.8 cm³/mol. The SMILES string of the molecule is O=[PH](O)OCOS(=O)(=O)c1ccc(F)cc1C(F)(F)F. The van der Waals surface area contributed by atoms with Crippen molar-refractivity contribution < 1.29 is 44.1 Å². The fourth-order valence-corrected chi connectivity index (χ4v) is 2.37. The summed E-state index contributed by atoms with van der Waals surface area (Å²) in [5, 5.41) is 0. The van der Waals surface area contributed by atoms with Crippen LogP contribution in [0.2, 0.25) is 0 Å². The minimum absolute atomic E-state index is 0.00797. The van der Waals surface area contributed by atoms with Crippen molar-refractivity contribution in [1.29, 1.82) is 0 Å². The van der Waals surface area contributed by atoms with E-state index in [-0.39, 0.29) is 6.07 Å². The van der Waals surface area contributed by atoms with E-state index in [1.165, 1.54) is 0 Å². The third-order valence-electron chi connectivity index (χ3n) is 1.90. The fourth-order valence-electron chi connectivity index (χ4n) is 1.14. The molecule has 0 fully saturated rings. The molecule has 1 unspecified atom stereocenters. The molecular formula is C8H7F4O6PS. The number of alkyl halides is 3. The van der Waals surface area contributed by atoms with Gasteiger partial charge in [-0.15, -0.1) is 0 Å². The maximum absolute atomic E-state index is 12.8. The summed E-state index contributed by atoms with van der Waals surface area (Å²) in [6.45, 7) is -1.24. The second kappa shape index (κ2) is 6.19.